The van der Waals surface area contributed by atoms with E-state index in [1.807, 2.05) is 43.4 Å². The zero-order chi connectivity index (χ0) is 12.0. The number of nitrogens with zero attached hydrogens (tertiary/aromatic N) is 4. The summed E-state index contributed by atoms with van der Waals surface area (Å²) in [6, 6.07) is 4.21. The number of hydrogen-bond donors (Lipinski definition) is 0. The van der Waals surface area contributed by atoms with Gasteiger partial charge < -0.3 is 4.57 Å². The lowest BCUT2D eigenvalue weighted by molar-refractivity contribution is 0.768. The van der Waals surface area contributed by atoms with E-state index in [4.69, 9.17) is 0 Å². The van der Waals surface area contributed by atoms with Crippen LogP contribution in [0.1, 0.15) is 5.56 Å². The zero-order valence-corrected chi connectivity index (χ0v) is 10.2. The Balaban J connectivity index is 2.31. The summed E-state index contributed by atoms with van der Waals surface area (Å²) < 4.78 is 3.92. The molecule has 17 heavy (non-hydrogen) atoms. The fourth-order valence-corrected chi connectivity index (χ4v) is 2.18. The highest BCUT2D eigenvalue weighted by atomic mass is 15.2. The Morgan fingerprint density at radius 3 is 2.71 bits per heavy atom. The van der Waals surface area contributed by atoms with Gasteiger partial charge in [-0.1, -0.05) is 0 Å². The summed E-state index contributed by atoms with van der Waals surface area (Å²) in [4.78, 5) is 4.43. The molecule has 0 radical (unpaired) electrons. The molecule has 0 fully saturated rings. The van der Waals surface area contributed by atoms with Crippen molar-refractivity contribution in [3.8, 4) is 11.3 Å². The molecule has 0 aliphatic heterocycles. The fourth-order valence-electron chi connectivity index (χ4n) is 2.18. The fraction of sp³-hybridized carbons (Fsp3) is 0.231. The van der Waals surface area contributed by atoms with E-state index in [9.17, 15) is 0 Å². The molecule has 3 aromatic heterocycles. The SMILES string of the molecule is Cc1ccnc2c1cc(-c1cnn(C)c1)n2C. The second-order valence-electron chi connectivity index (χ2n) is 4.36. The van der Waals surface area contributed by atoms with Crippen molar-refractivity contribution in [1.29, 1.82) is 0 Å². The van der Waals surface area contributed by atoms with Crippen molar-refractivity contribution >= 4 is 11.0 Å². The summed E-state index contributed by atoms with van der Waals surface area (Å²) in [6.07, 6.45) is 5.75. The minimum Gasteiger partial charge on any atom is -0.328 e. The van der Waals surface area contributed by atoms with E-state index in [0.29, 0.717) is 0 Å². The molecule has 3 heterocycles. The van der Waals surface area contributed by atoms with Gasteiger partial charge in [0.05, 0.1) is 11.9 Å². The van der Waals surface area contributed by atoms with Crippen LogP contribution in [-0.4, -0.2) is 19.3 Å². The van der Waals surface area contributed by atoms with Gasteiger partial charge in [-0.3, -0.25) is 4.68 Å². The molecule has 0 aliphatic carbocycles. The van der Waals surface area contributed by atoms with Crippen LogP contribution in [0.25, 0.3) is 22.3 Å². The minimum atomic E-state index is 1.02. The van der Waals surface area contributed by atoms with Gasteiger partial charge in [-0.2, -0.15) is 5.10 Å². The maximum absolute atomic E-state index is 4.43. The number of rotatable bonds is 1. The first kappa shape index (κ1) is 10.1. The van der Waals surface area contributed by atoms with E-state index in [1.165, 1.54) is 10.9 Å². The highest BCUT2D eigenvalue weighted by molar-refractivity contribution is 5.86. The van der Waals surface area contributed by atoms with Gasteiger partial charge in [0, 0.05) is 37.4 Å². The first-order chi connectivity index (χ1) is 8.16. The average Bonchev–Trinajstić information content (AvgIpc) is 2.85. The lowest BCUT2D eigenvalue weighted by atomic mass is 10.2. The molecule has 0 aromatic carbocycles. The molecular formula is C13H14N4. The van der Waals surface area contributed by atoms with Crippen LogP contribution in [0.15, 0.2) is 30.7 Å². The first-order valence-electron chi connectivity index (χ1n) is 5.57. The van der Waals surface area contributed by atoms with Crippen LogP contribution in [0.4, 0.5) is 0 Å². The Morgan fingerprint density at radius 2 is 2.06 bits per heavy atom. The summed E-state index contributed by atoms with van der Waals surface area (Å²) in [5, 5.41) is 5.41. The lowest BCUT2D eigenvalue weighted by Crippen LogP contribution is -1.92. The Kier molecular flexibility index (Phi) is 2.04. The van der Waals surface area contributed by atoms with Crippen LogP contribution in [-0.2, 0) is 14.1 Å². The van der Waals surface area contributed by atoms with Crippen molar-refractivity contribution in [2.75, 3.05) is 0 Å². The smallest absolute Gasteiger partial charge is 0.140 e. The Hall–Kier alpha value is -2.10. The van der Waals surface area contributed by atoms with Gasteiger partial charge in [0.15, 0.2) is 0 Å². The maximum atomic E-state index is 4.43. The van der Waals surface area contributed by atoms with Gasteiger partial charge in [-0.25, -0.2) is 4.98 Å². The van der Waals surface area contributed by atoms with Gasteiger partial charge in [-0.15, -0.1) is 0 Å². The molecule has 0 spiro atoms. The van der Waals surface area contributed by atoms with Crippen molar-refractivity contribution in [1.82, 2.24) is 19.3 Å². The molecule has 0 aliphatic rings. The van der Waals surface area contributed by atoms with Gasteiger partial charge in [0.1, 0.15) is 5.65 Å². The summed E-state index contributed by atoms with van der Waals surface area (Å²) >= 11 is 0. The van der Waals surface area contributed by atoms with Crippen LogP contribution in [0.3, 0.4) is 0 Å². The van der Waals surface area contributed by atoms with Crippen molar-refractivity contribution in [3.63, 3.8) is 0 Å². The van der Waals surface area contributed by atoms with Gasteiger partial charge in [-0.05, 0) is 24.6 Å². The summed E-state index contributed by atoms with van der Waals surface area (Å²) in [5.74, 6) is 0. The highest BCUT2D eigenvalue weighted by Gasteiger charge is 2.11. The monoisotopic (exact) mass is 226 g/mol. The van der Waals surface area contributed by atoms with E-state index in [1.54, 1.807) is 0 Å². The van der Waals surface area contributed by atoms with Crippen molar-refractivity contribution in [3.05, 3.63) is 36.3 Å². The normalized spacial score (nSPS) is 11.2. The topological polar surface area (TPSA) is 35.6 Å². The molecule has 3 rings (SSSR count). The van der Waals surface area contributed by atoms with E-state index >= 15 is 0 Å². The molecule has 0 bridgehead atoms. The Morgan fingerprint density at radius 1 is 1.24 bits per heavy atom. The molecule has 0 saturated carbocycles. The second-order valence-corrected chi connectivity index (χ2v) is 4.36. The van der Waals surface area contributed by atoms with Crippen LogP contribution >= 0.6 is 0 Å². The van der Waals surface area contributed by atoms with Crippen LogP contribution in [0, 0.1) is 6.92 Å². The number of fused-ring (bicyclic) bond motifs is 1. The summed E-state index contributed by atoms with van der Waals surface area (Å²) in [5.41, 5.74) is 4.53. The van der Waals surface area contributed by atoms with Crippen LogP contribution in [0.2, 0.25) is 0 Å². The Labute approximate surface area is 99.5 Å². The number of aromatic nitrogens is 4. The van der Waals surface area contributed by atoms with Gasteiger partial charge in [0.25, 0.3) is 0 Å². The molecule has 4 heteroatoms. The zero-order valence-electron chi connectivity index (χ0n) is 10.2. The van der Waals surface area contributed by atoms with E-state index < -0.39 is 0 Å². The molecular weight excluding hydrogens is 212 g/mol. The van der Waals surface area contributed by atoms with Gasteiger partial charge in [0.2, 0.25) is 0 Å². The van der Waals surface area contributed by atoms with E-state index in [2.05, 4.69) is 27.6 Å². The number of aryl methyl sites for hydroxylation is 3. The molecule has 0 unspecified atom stereocenters. The first-order valence-corrected chi connectivity index (χ1v) is 5.57. The Bertz CT molecular complexity index is 691. The quantitative estimate of drug-likeness (QED) is 0.638. The van der Waals surface area contributed by atoms with E-state index in [0.717, 1.165) is 16.9 Å². The van der Waals surface area contributed by atoms with Gasteiger partial charge >= 0.3 is 0 Å². The third-order valence-electron chi connectivity index (χ3n) is 3.15. The maximum Gasteiger partial charge on any atom is 0.140 e. The summed E-state index contributed by atoms with van der Waals surface area (Å²) in [6.45, 7) is 2.11. The van der Waals surface area contributed by atoms with E-state index in [-0.39, 0.29) is 0 Å². The molecule has 0 saturated heterocycles. The third kappa shape index (κ3) is 1.45. The van der Waals surface area contributed by atoms with Crippen LogP contribution in [0.5, 0.6) is 0 Å². The van der Waals surface area contributed by atoms with Crippen molar-refractivity contribution in [2.45, 2.75) is 6.92 Å². The predicted molar refractivity (Wildman–Crippen MR) is 67.7 cm³/mol. The molecule has 0 amide bonds. The largest absolute Gasteiger partial charge is 0.328 e. The standard InChI is InChI=1S/C13H14N4/c1-9-4-5-14-13-11(9)6-12(17(13)3)10-7-15-16(2)8-10/h4-8H,1-3H3. The highest BCUT2D eigenvalue weighted by Crippen LogP contribution is 2.27. The molecule has 0 N–H and O–H groups in total. The minimum absolute atomic E-state index is 1.02. The predicted octanol–water partition coefficient (Wildman–Crippen LogP) is 2.28. The average molecular weight is 226 g/mol. The molecule has 4 nitrogen and oxygen atoms in total. The number of pyridine rings is 1. The molecule has 3 aromatic rings. The lowest BCUT2D eigenvalue weighted by Gasteiger charge is -2.00. The van der Waals surface area contributed by atoms with Crippen molar-refractivity contribution in [2.24, 2.45) is 14.1 Å². The molecule has 0 atom stereocenters. The van der Waals surface area contributed by atoms with Crippen molar-refractivity contribution < 1.29 is 0 Å². The summed E-state index contributed by atoms with van der Waals surface area (Å²) in [7, 11) is 3.97. The van der Waals surface area contributed by atoms with Crippen LogP contribution < -0.4 is 0 Å². The molecule has 86 valence electrons. The second kappa shape index (κ2) is 3.45. The number of hydrogen-bond acceptors (Lipinski definition) is 2. The third-order valence-corrected chi connectivity index (χ3v) is 3.15.